The van der Waals surface area contributed by atoms with Crippen LogP contribution in [0.25, 0.3) is 10.8 Å². The van der Waals surface area contributed by atoms with Gasteiger partial charge in [-0.3, -0.25) is 19.7 Å². The van der Waals surface area contributed by atoms with E-state index in [-0.39, 0.29) is 24.0 Å². The molecule has 0 aliphatic rings. The van der Waals surface area contributed by atoms with Gasteiger partial charge in [0.15, 0.2) is 0 Å². The summed E-state index contributed by atoms with van der Waals surface area (Å²) in [6.45, 7) is 0.705. The number of non-ortho nitro benzene ring substituents is 1. The summed E-state index contributed by atoms with van der Waals surface area (Å²) >= 11 is 1.57. The van der Waals surface area contributed by atoms with Gasteiger partial charge in [0.25, 0.3) is 17.5 Å². The van der Waals surface area contributed by atoms with Crippen LogP contribution in [0.2, 0.25) is 0 Å². The molecule has 8 nitrogen and oxygen atoms in total. The smallest absolute Gasteiger partial charge is 0.269 e. The number of carbonyl (C=O) groups is 2. The van der Waals surface area contributed by atoms with Gasteiger partial charge in [-0.1, -0.05) is 36.4 Å². The second-order valence-corrected chi connectivity index (χ2v) is 9.67. The van der Waals surface area contributed by atoms with Crippen molar-refractivity contribution in [3.05, 3.63) is 112 Å². The first kappa shape index (κ1) is 26.7. The predicted octanol–water partition coefficient (Wildman–Crippen LogP) is 5.55. The summed E-state index contributed by atoms with van der Waals surface area (Å²) in [6.07, 6.45) is 0. The van der Waals surface area contributed by atoms with Crippen molar-refractivity contribution in [2.45, 2.75) is 11.4 Å². The minimum absolute atomic E-state index is 0.00131. The Morgan fingerprint density at radius 1 is 0.974 bits per heavy atom. The van der Waals surface area contributed by atoms with Crippen molar-refractivity contribution in [3.8, 4) is 5.75 Å². The molecule has 0 aliphatic heterocycles. The van der Waals surface area contributed by atoms with Gasteiger partial charge in [-0.05, 0) is 52.7 Å². The summed E-state index contributed by atoms with van der Waals surface area (Å²) in [7, 11) is 3.13. The summed E-state index contributed by atoms with van der Waals surface area (Å²) in [5, 5.41) is 15.6. The molecule has 0 radical (unpaired) electrons. The maximum absolute atomic E-state index is 13.8. The van der Waals surface area contributed by atoms with Crippen LogP contribution in [0, 0.1) is 10.1 Å². The van der Waals surface area contributed by atoms with Crippen LogP contribution in [-0.2, 0) is 6.54 Å². The number of methoxy groups -OCH3 is 1. The van der Waals surface area contributed by atoms with E-state index in [2.05, 4.69) is 5.32 Å². The first-order chi connectivity index (χ1) is 18.4. The molecule has 0 saturated heterocycles. The van der Waals surface area contributed by atoms with Crippen LogP contribution in [0.3, 0.4) is 0 Å². The minimum atomic E-state index is -0.446. The molecule has 4 aromatic carbocycles. The van der Waals surface area contributed by atoms with E-state index >= 15 is 0 Å². The fourth-order valence-electron chi connectivity index (χ4n) is 4.04. The number of fused-ring (bicyclic) bond motifs is 1. The second-order valence-electron chi connectivity index (χ2n) is 8.50. The highest BCUT2D eigenvalue weighted by atomic mass is 32.2. The zero-order valence-electron chi connectivity index (χ0n) is 21.0. The lowest BCUT2D eigenvalue weighted by Gasteiger charge is -2.24. The van der Waals surface area contributed by atoms with Crippen molar-refractivity contribution in [2.24, 2.45) is 0 Å². The van der Waals surface area contributed by atoms with E-state index < -0.39 is 4.92 Å². The zero-order valence-corrected chi connectivity index (χ0v) is 21.9. The maximum Gasteiger partial charge on any atom is 0.269 e. The third-order valence-electron chi connectivity index (χ3n) is 6.08. The van der Waals surface area contributed by atoms with Gasteiger partial charge in [-0.15, -0.1) is 11.8 Å². The van der Waals surface area contributed by atoms with Crippen molar-refractivity contribution >= 4 is 40.0 Å². The van der Waals surface area contributed by atoms with E-state index in [4.69, 9.17) is 4.74 Å². The van der Waals surface area contributed by atoms with Crippen LogP contribution in [0.15, 0.2) is 89.8 Å². The number of hydrogen-bond acceptors (Lipinski definition) is 6. The Labute approximate surface area is 224 Å². The van der Waals surface area contributed by atoms with Crippen molar-refractivity contribution < 1.29 is 19.2 Å². The van der Waals surface area contributed by atoms with Gasteiger partial charge in [-0.2, -0.15) is 0 Å². The van der Waals surface area contributed by atoms with Crippen LogP contribution < -0.4 is 10.1 Å². The number of nitrogens with one attached hydrogen (secondary N) is 1. The van der Waals surface area contributed by atoms with Gasteiger partial charge >= 0.3 is 0 Å². The first-order valence-electron chi connectivity index (χ1n) is 11.9. The monoisotopic (exact) mass is 529 g/mol. The molecule has 0 saturated carbocycles. The Hall–Kier alpha value is -4.37. The van der Waals surface area contributed by atoms with E-state index in [0.29, 0.717) is 29.2 Å². The third-order valence-corrected chi connectivity index (χ3v) is 7.07. The first-order valence-corrected chi connectivity index (χ1v) is 12.9. The quantitative estimate of drug-likeness (QED) is 0.164. The summed E-state index contributed by atoms with van der Waals surface area (Å²) < 4.78 is 5.57. The van der Waals surface area contributed by atoms with Gasteiger partial charge < -0.3 is 15.0 Å². The molecule has 0 fully saturated rings. The number of thioether (sulfide) groups is 1. The number of amides is 2. The van der Waals surface area contributed by atoms with Gasteiger partial charge in [0, 0.05) is 48.5 Å². The van der Waals surface area contributed by atoms with Gasteiger partial charge in [0.2, 0.25) is 0 Å². The lowest BCUT2D eigenvalue weighted by Crippen LogP contribution is -2.33. The molecule has 1 N–H and O–H groups in total. The average Bonchev–Trinajstić information content (AvgIpc) is 2.95. The SMILES string of the molecule is CNC(=O)c1ccc(SCCN(Cc2ccc([N+](=O)[O-])cc2)C(=O)c2cc3ccccc3cc2OC)cc1. The molecule has 0 aliphatic carbocycles. The Bertz CT molecular complexity index is 1460. The summed E-state index contributed by atoms with van der Waals surface area (Å²) in [5.74, 6) is 0.751. The lowest BCUT2D eigenvalue weighted by molar-refractivity contribution is -0.384. The van der Waals surface area contributed by atoms with Crippen molar-refractivity contribution in [1.29, 1.82) is 0 Å². The van der Waals surface area contributed by atoms with Crippen LogP contribution in [-0.4, -0.2) is 48.1 Å². The number of benzene rings is 4. The van der Waals surface area contributed by atoms with Gasteiger partial charge in [-0.25, -0.2) is 0 Å². The maximum atomic E-state index is 13.8. The Kier molecular flexibility index (Phi) is 8.60. The average molecular weight is 530 g/mol. The van der Waals surface area contributed by atoms with E-state index in [1.54, 1.807) is 55.1 Å². The zero-order chi connectivity index (χ0) is 27.1. The molecule has 0 aromatic heterocycles. The van der Waals surface area contributed by atoms with E-state index in [0.717, 1.165) is 21.2 Å². The van der Waals surface area contributed by atoms with Gasteiger partial charge in [0.05, 0.1) is 17.6 Å². The summed E-state index contributed by atoms with van der Waals surface area (Å²) in [6, 6.07) is 25.0. The molecular formula is C29H27N3O5S. The minimum Gasteiger partial charge on any atom is -0.496 e. The molecule has 0 unspecified atom stereocenters. The summed E-state index contributed by atoms with van der Waals surface area (Å²) in [4.78, 5) is 38.9. The fourth-order valence-corrected chi connectivity index (χ4v) is 4.92. The lowest BCUT2D eigenvalue weighted by atomic mass is 10.0. The standard InChI is InChI=1S/C29H27N3O5S/c1-30-28(33)21-9-13-25(14-10-21)38-16-15-31(19-20-7-11-24(12-8-20)32(35)36)29(34)26-17-22-5-3-4-6-23(22)18-27(26)37-2/h3-14,17-18H,15-16,19H2,1-2H3,(H,30,33). The normalized spacial score (nSPS) is 10.7. The molecule has 4 rings (SSSR count). The number of hydrogen-bond donors (Lipinski definition) is 1. The van der Waals surface area contributed by atoms with Crippen LogP contribution in [0.1, 0.15) is 26.3 Å². The van der Waals surface area contributed by atoms with Crippen LogP contribution in [0.5, 0.6) is 5.75 Å². The molecular weight excluding hydrogens is 502 g/mol. The molecule has 0 spiro atoms. The number of nitro groups is 1. The number of carbonyl (C=O) groups excluding carboxylic acids is 2. The van der Waals surface area contributed by atoms with Crippen LogP contribution in [0.4, 0.5) is 5.69 Å². The highest BCUT2D eigenvalue weighted by Crippen LogP contribution is 2.28. The predicted molar refractivity (Wildman–Crippen MR) is 149 cm³/mol. The fraction of sp³-hybridized carbons (Fsp3) is 0.172. The molecule has 194 valence electrons. The molecule has 0 bridgehead atoms. The Morgan fingerprint density at radius 2 is 1.63 bits per heavy atom. The number of nitro benzene ring substituents is 1. The highest BCUT2D eigenvalue weighted by molar-refractivity contribution is 7.99. The topological polar surface area (TPSA) is 102 Å². The van der Waals surface area contributed by atoms with Gasteiger partial charge in [0.1, 0.15) is 5.75 Å². The highest BCUT2D eigenvalue weighted by Gasteiger charge is 2.21. The van der Waals surface area contributed by atoms with E-state index in [1.807, 2.05) is 48.5 Å². The van der Waals surface area contributed by atoms with Crippen molar-refractivity contribution in [3.63, 3.8) is 0 Å². The van der Waals surface area contributed by atoms with Crippen LogP contribution >= 0.6 is 11.8 Å². The molecule has 38 heavy (non-hydrogen) atoms. The number of ether oxygens (including phenoxy) is 1. The molecule has 0 heterocycles. The van der Waals surface area contributed by atoms with E-state index in [1.165, 1.54) is 12.1 Å². The number of rotatable bonds is 10. The third kappa shape index (κ3) is 6.30. The van der Waals surface area contributed by atoms with Crippen molar-refractivity contribution in [1.82, 2.24) is 10.2 Å². The Morgan fingerprint density at radius 3 is 2.24 bits per heavy atom. The second kappa shape index (κ2) is 12.2. The van der Waals surface area contributed by atoms with Crippen molar-refractivity contribution in [2.75, 3.05) is 26.5 Å². The Balaban J connectivity index is 1.57. The number of nitrogens with zero attached hydrogens (tertiary/aromatic N) is 2. The molecule has 9 heteroatoms. The molecule has 4 aromatic rings. The molecule has 0 atom stereocenters. The van der Waals surface area contributed by atoms with E-state index in [9.17, 15) is 19.7 Å². The summed E-state index contributed by atoms with van der Waals surface area (Å²) in [5.41, 5.74) is 1.81. The largest absolute Gasteiger partial charge is 0.496 e. The molecule has 2 amide bonds.